The van der Waals surface area contributed by atoms with Crippen LogP contribution in [0.3, 0.4) is 0 Å². The van der Waals surface area contributed by atoms with Gasteiger partial charge in [0.15, 0.2) is 12.2 Å². The van der Waals surface area contributed by atoms with E-state index in [0.29, 0.717) is 0 Å². The zero-order valence-corrected chi connectivity index (χ0v) is 5.33. The van der Waals surface area contributed by atoms with Crippen LogP contribution in [0.2, 0.25) is 0 Å². The molecule has 0 bridgehead atoms. The van der Waals surface area contributed by atoms with Gasteiger partial charge in [-0.05, 0) is 0 Å². The second kappa shape index (κ2) is 2.38. The molecule has 4 nitrogen and oxygen atoms in total. The lowest BCUT2D eigenvalue weighted by molar-refractivity contribution is -0.162. The predicted molar refractivity (Wildman–Crippen MR) is 27.9 cm³/mol. The summed E-state index contributed by atoms with van der Waals surface area (Å²) >= 11 is 0. The fourth-order valence-corrected chi connectivity index (χ4v) is 0.772. The van der Waals surface area contributed by atoms with Gasteiger partial charge in [-0.15, -0.1) is 0 Å². The lowest BCUT2D eigenvalue weighted by atomic mass is 10.1. The molecule has 1 heterocycles. The summed E-state index contributed by atoms with van der Waals surface area (Å²) in [5.41, 5.74) is 0. The zero-order chi connectivity index (χ0) is 8.65. The minimum absolute atomic E-state index is 0.803. The maximum absolute atomic E-state index is 12.3. The SMILES string of the molecule is O=C1O[C@H](CO)[C@H](O)C1(F)F. The van der Waals surface area contributed by atoms with E-state index in [1.54, 1.807) is 0 Å². The van der Waals surface area contributed by atoms with Gasteiger partial charge in [0.05, 0.1) is 6.61 Å². The van der Waals surface area contributed by atoms with Crippen molar-refractivity contribution in [3.8, 4) is 0 Å². The van der Waals surface area contributed by atoms with Crippen LogP contribution in [0.4, 0.5) is 8.78 Å². The van der Waals surface area contributed by atoms with Gasteiger partial charge in [-0.25, -0.2) is 4.79 Å². The first-order chi connectivity index (χ1) is 5.00. The molecule has 2 atom stereocenters. The van der Waals surface area contributed by atoms with E-state index < -0.39 is 30.7 Å². The summed E-state index contributed by atoms with van der Waals surface area (Å²) in [6.07, 6.45) is -3.74. The summed E-state index contributed by atoms with van der Waals surface area (Å²) in [5.74, 6) is -5.67. The van der Waals surface area contributed by atoms with Crippen LogP contribution in [-0.2, 0) is 9.53 Å². The minimum atomic E-state index is -3.88. The van der Waals surface area contributed by atoms with Gasteiger partial charge >= 0.3 is 11.9 Å². The van der Waals surface area contributed by atoms with Crippen LogP contribution < -0.4 is 0 Å². The molecule has 11 heavy (non-hydrogen) atoms. The number of carbonyl (C=O) groups excluding carboxylic acids is 1. The number of esters is 1. The van der Waals surface area contributed by atoms with Crippen LogP contribution in [0.5, 0.6) is 0 Å². The highest BCUT2D eigenvalue weighted by atomic mass is 19.3. The summed E-state index contributed by atoms with van der Waals surface area (Å²) in [6, 6.07) is 0. The van der Waals surface area contributed by atoms with E-state index >= 15 is 0 Å². The molecule has 0 amide bonds. The first-order valence-corrected chi connectivity index (χ1v) is 2.88. The number of aliphatic hydroxyl groups is 2. The third-order valence-electron chi connectivity index (χ3n) is 1.43. The molecule has 1 saturated heterocycles. The first kappa shape index (κ1) is 8.35. The van der Waals surface area contributed by atoms with Crippen molar-refractivity contribution in [3.63, 3.8) is 0 Å². The molecule has 6 heteroatoms. The molecule has 64 valence electrons. The van der Waals surface area contributed by atoms with E-state index in [1.807, 2.05) is 0 Å². The smallest absolute Gasteiger partial charge is 0.380 e. The molecule has 1 fully saturated rings. The van der Waals surface area contributed by atoms with Crippen molar-refractivity contribution in [3.05, 3.63) is 0 Å². The van der Waals surface area contributed by atoms with E-state index in [-0.39, 0.29) is 0 Å². The molecule has 0 aromatic carbocycles. The Morgan fingerprint density at radius 3 is 2.36 bits per heavy atom. The lowest BCUT2D eigenvalue weighted by Crippen LogP contribution is -2.38. The Morgan fingerprint density at radius 1 is 1.64 bits per heavy atom. The van der Waals surface area contributed by atoms with Crippen molar-refractivity contribution in [1.29, 1.82) is 0 Å². The molecule has 0 aromatic rings. The van der Waals surface area contributed by atoms with Gasteiger partial charge < -0.3 is 14.9 Å². The predicted octanol–water partition coefficient (Wildman–Crippen LogP) is -1.10. The summed E-state index contributed by atoms with van der Waals surface area (Å²) in [4.78, 5) is 10.2. The highest BCUT2D eigenvalue weighted by Gasteiger charge is 2.59. The van der Waals surface area contributed by atoms with Crippen molar-refractivity contribution in [2.24, 2.45) is 0 Å². The molecule has 0 aromatic heterocycles. The van der Waals surface area contributed by atoms with Gasteiger partial charge in [0.1, 0.15) is 0 Å². The molecule has 0 radical (unpaired) electrons. The van der Waals surface area contributed by atoms with Crippen LogP contribution in [0.15, 0.2) is 0 Å². The summed E-state index contributed by atoms with van der Waals surface area (Å²) in [6.45, 7) is -0.803. The van der Waals surface area contributed by atoms with Crippen molar-refractivity contribution >= 4 is 5.97 Å². The van der Waals surface area contributed by atoms with Gasteiger partial charge in [0, 0.05) is 0 Å². The molecule has 1 rings (SSSR count). The quantitative estimate of drug-likeness (QED) is 0.488. The third-order valence-corrected chi connectivity index (χ3v) is 1.43. The molecule has 0 spiro atoms. The Morgan fingerprint density at radius 2 is 2.18 bits per heavy atom. The minimum Gasteiger partial charge on any atom is -0.452 e. The van der Waals surface area contributed by atoms with Crippen molar-refractivity contribution in [2.45, 2.75) is 18.1 Å². The van der Waals surface area contributed by atoms with E-state index in [2.05, 4.69) is 4.74 Å². The fourth-order valence-electron chi connectivity index (χ4n) is 0.772. The highest BCUT2D eigenvalue weighted by molar-refractivity contribution is 5.81. The van der Waals surface area contributed by atoms with Gasteiger partial charge in [-0.1, -0.05) is 0 Å². The molecular formula is C5H6F2O4. The van der Waals surface area contributed by atoms with Crippen LogP contribution >= 0.6 is 0 Å². The Labute approximate surface area is 60.4 Å². The molecule has 1 aliphatic rings. The van der Waals surface area contributed by atoms with Crippen molar-refractivity contribution in [1.82, 2.24) is 0 Å². The largest absolute Gasteiger partial charge is 0.452 e. The van der Waals surface area contributed by atoms with Crippen LogP contribution in [0.1, 0.15) is 0 Å². The lowest BCUT2D eigenvalue weighted by Gasteiger charge is -2.10. The van der Waals surface area contributed by atoms with E-state index in [9.17, 15) is 13.6 Å². The van der Waals surface area contributed by atoms with E-state index in [0.717, 1.165) is 0 Å². The number of aliphatic hydroxyl groups excluding tert-OH is 2. The monoisotopic (exact) mass is 168 g/mol. The summed E-state index contributed by atoms with van der Waals surface area (Å²) < 4.78 is 28.6. The Balaban J connectivity index is 2.80. The van der Waals surface area contributed by atoms with Gasteiger partial charge in [0.2, 0.25) is 0 Å². The summed E-state index contributed by atoms with van der Waals surface area (Å²) in [7, 11) is 0. The fraction of sp³-hybridized carbons (Fsp3) is 0.800. The van der Waals surface area contributed by atoms with Gasteiger partial charge in [-0.2, -0.15) is 8.78 Å². The second-order valence-electron chi connectivity index (χ2n) is 2.19. The molecule has 1 aliphatic heterocycles. The van der Waals surface area contributed by atoms with Gasteiger partial charge in [-0.3, -0.25) is 0 Å². The Hall–Kier alpha value is -0.750. The number of ether oxygens (including phenoxy) is 1. The molecule has 0 aliphatic carbocycles. The number of alkyl halides is 2. The number of hydrogen-bond donors (Lipinski definition) is 2. The highest BCUT2D eigenvalue weighted by Crippen LogP contribution is 2.30. The van der Waals surface area contributed by atoms with E-state index in [4.69, 9.17) is 10.2 Å². The maximum atomic E-state index is 12.3. The standard InChI is InChI=1S/C5H6F2O4/c6-5(7)3(9)2(1-8)11-4(5)10/h2-3,8-9H,1H2/t2-,3+/m1/s1. The zero-order valence-electron chi connectivity index (χ0n) is 5.33. The Kier molecular flexibility index (Phi) is 1.81. The van der Waals surface area contributed by atoms with Crippen LogP contribution in [0, 0.1) is 0 Å². The van der Waals surface area contributed by atoms with Crippen molar-refractivity contribution < 1.29 is 28.5 Å². The Bertz CT molecular complexity index is 181. The average molecular weight is 168 g/mol. The molecular weight excluding hydrogens is 162 g/mol. The molecule has 0 unspecified atom stereocenters. The number of rotatable bonds is 1. The number of carbonyl (C=O) groups is 1. The number of hydrogen-bond acceptors (Lipinski definition) is 4. The maximum Gasteiger partial charge on any atom is 0.380 e. The van der Waals surface area contributed by atoms with Crippen LogP contribution in [0.25, 0.3) is 0 Å². The second-order valence-corrected chi connectivity index (χ2v) is 2.19. The number of cyclic esters (lactones) is 1. The third kappa shape index (κ3) is 1.08. The van der Waals surface area contributed by atoms with Gasteiger partial charge in [0.25, 0.3) is 0 Å². The average Bonchev–Trinajstić information content (AvgIpc) is 2.14. The van der Waals surface area contributed by atoms with Crippen LogP contribution in [-0.4, -0.2) is 40.9 Å². The molecule has 0 saturated carbocycles. The topological polar surface area (TPSA) is 66.8 Å². The molecule has 2 N–H and O–H groups in total. The first-order valence-electron chi connectivity index (χ1n) is 2.88. The summed E-state index contributed by atoms with van der Waals surface area (Å²) in [5, 5.41) is 16.9. The number of halogens is 2. The van der Waals surface area contributed by atoms with Crippen molar-refractivity contribution in [2.75, 3.05) is 6.61 Å². The van der Waals surface area contributed by atoms with E-state index in [1.165, 1.54) is 0 Å². The normalized spacial score (nSPS) is 35.5.